The Hall–Kier alpha value is -1.91. The molecule has 128 valence electrons. The predicted molar refractivity (Wildman–Crippen MR) is 93.3 cm³/mol. The normalized spacial score (nSPS) is 12.2. The van der Waals surface area contributed by atoms with Gasteiger partial charge in [0.25, 0.3) is 5.91 Å². The van der Waals surface area contributed by atoms with Gasteiger partial charge in [0.05, 0.1) is 0 Å². The Bertz CT molecular complexity index is 572. The van der Waals surface area contributed by atoms with Gasteiger partial charge in [-0.1, -0.05) is 34.6 Å². The molecule has 23 heavy (non-hydrogen) atoms. The molecule has 0 saturated carbocycles. The van der Waals surface area contributed by atoms with Crippen molar-refractivity contribution < 1.29 is 9.59 Å². The lowest BCUT2D eigenvalue weighted by atomic mass is 9.90. The summed E-state index contributed by atoms with van der Waals surface area (Å²) in [6.07, 6.45) is 1.95. The quantitative estimate of drug-likeness (QED) is 0.870. The van der Waals surface area contributed by atoms with Gasteiger partial charge in [-0.25, -0.2) is 0 Å². The van der Waals surface area contributed by atoms with Gasteiger partial charge in [-0.05, 0) is 37.3 Å². The second-order valence-electron chi connectivity index (χ2n) is 8.05. The average Bonchev–Trinajstić information content (AvgIpc) is 2.35. The highest BCUT2D eigenvalue weighted by Crippen LogP contribution is 2.20. The molecule has 5 nitrogen and oxygen atoms in total. The zero-order chi connectivity index (χ0) is 17.8. The summed E-state index contributed by atoms with van der Waals surface area (Å²) in [5.41, 5.74) is 0.470. The maximum Gasteiger partial charge on any atom is 0.270 e. The number of rotatable bonds is 5. The fourth-order valence-corrected chi connectivity index (χ4v) is 1.82. The molecule has 0 unspecified atom stereocenters. The third-order valence-electron chi connectivity index (χ3n) is 3.85. The van der Waals surface area contributed by atoms with Crippen molar-refractivity contribution in [2.24, 2.45) is 11.3 Å². The maximum absolute atomic E-state index is 12.3. The number of pyridine rings is 1. The van der Waals surface area contributed by atoms with Crippen molar-refractivity contribution in [1.82, 2.24) is 10.3 Å². The first-order valence-corrected chi connectivity index (χ1v) is 7.99. The largest absolute Gasteiger partial charge is 0.346 e. The number of hydrogen-bond donors (Lipinski definition) is 2. The third-order valence-corrected chi connectivity index (χ3v) is 3.85. The van der Waals surface area contributed by atoms with Crippen molar-refractivity contribution in [3.63, 3.8) is 0 Å². The molecule has 5 heteroatoms. The summed E-state index contributed by atoms with van der Waals surface area (Å²) in [4.78, 5) is 28.4. The molecule has 0 aliphatic carbocycles. The fraction of sp³-hybridized carbons (Fsp3) is 0.611. The van der Waals surface area contributed by atoms with Crippen LogP contribution in [0.5, 0.6) is 0 Å². The monoisotopic (exact) mass is 319 g/mol. The molecule has 2 N–H and O–H groups in total. The van der Waals surface area contributed by atoms with Crippen molar-refractivity contribution in [2.45, 2.75) is 60.4 Å². The number of hydrogen-bond acceptors (Lipinski definition) is 3. The summed E-state index contributed by atoms with van der Waals surface area (Å²) in [6.45, 7) is 14.1. The van der Waals surface area contributed by atoms with Crippen molar-refractivity contribution in [3.8, 4) is 0 Å². The molecule has 0 aliphatic rings. The van der Waals surface area contributed by atoms with Crippen LogP contribution in [0.2, 0.25) is 0 Å². The summed E-state index contributed by atoms with van der Waals surface area (Å²) < 4.78 is 0. The van der Waals surface area contributed by atoms with Crippen LogP contribution >= 0.6 is 0 Å². The molecule has 0 aliphatic heterocycles. The van der Waals surface area contributed by atoms with E-state index in [-0.39, 0.29) is 22.8 Å². The van der Waals surface area contributed by atoms with E-state index in [1.54, 1.807) is 12.1 Å². The zero-order valence-electron chi connectivity index (χ0n) is 15.3. The summed E-state index contributed by atoms with van der Waals surface area (Å²) in [5.74, 6) is -0.0192. The number of nitrogens with one attached hydrogen (secondary N) is 2. The minimum absolute atomic E-state index is 0.0717. The zero-order valence-corrected chi connectivity index (χ0v) is 15.3. The highest BCUT2D eigenvalue weighted by Gasteiger charge is 2.25. The molecule has 0 saturated heterocycles. The molecule has 0 bridgehead atoms. The Kier molecular flexibility index (Phi) is 5.92. The van der Waals surface area contributed by atoms with Gasteiger partial charge in [0.15, 0.2) is 0 Å². The molecule has 1 aromatic rings. The van der Waals surface area contributed by atoms with E-state index in [1.165, 1.54) is 6.20 Å². The SMILES string of the molecule is CC(C)C(C)(C)NC(=O)c1cc(NC(=O)CC(C)(C)C)ccn1. The van der Waals surface area contributed by atoms with Gasteiger partial charge in [-0.2, -0.15) is 0 Å². The van der Waals surface area contributed by atoms with Crippen molar-refractivity contribution in [2.75, 3.05) is 5.32 Å². The lowest BCUT2D eigenvalue weighted by Gasteiger charge is -2.30. The summed E-state index contributed by atoms with van der Waals surface area (Å²) in [6, 6.07) is 3.29. The Morgan fingerprint density at radius 2 is 1.78 bits per heavy atom. The summed E-state index contributed by atoms with van der Waals surface area (Å²) in [5, 5.41) is 5.80. The lowest BCUT2D eigenvalue weighted by molar-refractivity contribution is -0.117. The molecule has 0 radical (unpaired) electrons. The molecule has 0 fully saturated rings. The van der Waals surface area contributed by atoms with Crippen LogP contribution in [0.1, 0.15) is 65.4 Å². The van der Waals surface area contributed by atoms with Gasteiger partial charge >= 0.3 is 0 Å². The van der Waals surface area contributed by atoms with Crippen LogP contribution in [0.4, 0.5) is 5.69 Å². The van der Waals surface area contributed by atoms with Crippen LogP contribution in [0.25, 0.3) is 0 Å². The van der Waals surface area contributed by atoms with Crippen LogP contribution in [-0.2, 0) is 4.79 Å². The highest BCUT2D eigenvalue weighted by molar-refractivity contribution is 5.96. The van der Waals surface area contributed by atoms with Gasteiger partial charge in [-0.15, -0.1) is 0 Å². The second kappa shape index (κ2) is 7.11. The lowest BCUT2D eigenvalue weighted by Crippen LogP contribution is -2.47. The number of carbonyl (C=O) groups excluding carboxylic acids is 2. The molecule has 1 aromatic heterocycles. The van der Waals surface area contributed by atoms with Crippen LogP contribution in [0.15, 0.2) is 18.3 Å². The molecule has 2 amide bonds. The van der Waals surface area contributed by atoms with Crippen LogP contribution < -0.4 is 10.6 Å². The van der Waals surface area contributed by atoms with Crippen molar-refractivity contribution in [3.05, 3.63) is 24.0 Å². The van der Waals surface area contributed by atoms with E-state index in [0.717, 1.165) is 0 Å². The van der Waals surface area contributed by atoms with Crippen LogP contribution in [0.3, 0.4) is 0 Å². The molecule has 0 atom stereocenters. The highest BCUT2D eigenvalue weighted by atomic mass is 16.2. The molecule has 0 aromatic carbocycles. The van der Waals surface area contributed by atoms with Crippen molar-refractivity contribution >= 4 is 17.5 Å². The number of aromatic nitrogens is 1. The average molecular weight is 319 g/mol. The molecule has 1 heterocycles. The third kappa shape index (κ3) is 6.38. The Morgan fingerprint density at radius 3 is 2.30 bits per heavy atom. The topological polar surface area (TPSA) is 71.1 Å². The van der Waals surface area contributed by atoms with E-state index in [1.807, 2.05) is 34.6 Å². The number of anilines is 1. The van der Waals surface area contributed by atoms with E-state index in [9.17, 15) is 9.59 Å². The molecule has 0 spiro atoms. The number of carbonyl (C=O) groups is 2. The van der Waals surface area contributed by atoms with Gasteiger partial charge in [-0.3, -0.25) is 14.6 Å². The van der Waals surface area contributed by atoms with Gasteiger partial charge < -0.3 is 10.6 Å². The molecular formula is C18H29N3O2. The number of nitrogens with zero attached hydrogens (tertiary/aromatic N) is 1. The van der Waals surface area contributed by atoms with Gasteiger partial charge in [0.2, 0.25) is 5.91 Å². The molecule has 1 rings (SSSR count). The van der Waals surface area contributed by atoms with Gasteiger partial charge in [0.1, 0.15) is 5.69 Å². The molecular weight excluding hydrogens is 290 g/mol. The number of amides is 2. The predicted octanol–water partition coefficient (Wildman–Crippen LogP) is 3.62. The van der Waals surface area contributed by atoms with E-state index in [4.69, 9.17) is 0 Å². The minimum Gasteiger partial charge on any atom is -0.346 e. The second-order valence-corrected chi connectivity index (χ2v) is 8.05. The summed E-state index contributed by atoms with van der Waals surface area (Å²) in [7, 11) is 0. The Labute approximate surface area is 139 Å². The first-order chi connectivity index (χ1) is 10.4. The summed E-state index contributed by atoms with van der Waals surface area (Å²) >= 11 is 0. The van der Waals surface area contributed by atoms with E-state index >= 15 is 0 Å². The van der Waals surface area contributed by atoms with Crippen LogP contribution in [-0.4, -0.2) is 22.3 Å². The Balaban J connectivity index is 2.81. The van der Waals surface area contributed by atoms with Crippen molar-refractivity contribution in [1.29, 1.82) is 0 Å². The first kappa shape index (κ1) is 19.1. The minimum atomic E-state index is -0.329. The smallest absolute Gasteiger partial charge is 0.270 e. The maximum atomic E-state index is 12.3. The first-order valence-electron chi connectivity index (χ1n) is 7.99. The van der Waals surface area contributed by atoms with E-state index in [0.29, 0.717) is 23.7 Å². The van der Waals surface area contributed by atoms with E-state index in [2.05, 4.69) is 29.5 Å². The van der Waals surface area contributed by atoms with Crippen LogP contribution in [0, 0.1) is 11.3 Å². The van der Waals surface area contributed by atoms with E-state index < -0.39 is 0 Å². The van der Waals surface area contributed by atoms with Gasteiger partial charge in [0, 0.05) is 23.8 Å². The standard InChI is InChI=1S/C18H29N3O2/c1-12(2)18(6,7)21-16(23)14-10-13(8-9-19-14)20-15(22)11-17(3,4)5/h8-10,12H,11H2,1-7H3,(H,21,23)(H,19,20,22). The Morgan fingerprint density at radius 1 is 1.17 bits per heavy atom. The fourth-order valence-electron chi connectivity index (χ4n) is 1.82.